The molecule has 132 valence electrons. The molecule has 0 fully saturated rings. The van der Waals surface area contributed by atoms with Gasteiger partial charge < -0.3 is 20.1 Å². The molecule has 1 amide bonds. The summed E-state index contributed by atoms with van der Waals surface area (Å²) in [5.41, 5.74) is 2.47. The summed E-state index contributed by atoms with van der Waals surface area (Å²) >= 11 is 9.71. The van der Waals surface area contributed by atoms with Crippen LogP contribution in [-0.4, -0.2) is 25.7 Å². The number of carbonyl (C=O) groups excluding carboxylic acids is 1. The SMILES string of the molecule is Cc1ccc(NC(=O)CNc2cc3c(cc2Cl)OCCCO3)c(Br)c1. The number of amides is 1. The van der Waals surface area contributed by atoms with Gasteiger partial charge in [0.25, 0.3) is 0 Å². The first-order valence-corrected chi connectivity index (χ1v) is 9.09. The van der Waals surface area contributed by atoms with E-state index >= 15 is 0 Å². The molecule has 2 aromatic carbocycles. The second-order valence-electron chi connectivity index (χ2n) is 5.71. The normalized spacial score (nSPS) is 13.1. The highest BCUT2D eigenvalue weighted by molar-refractivity contribution is 9.10. The van der Waals surface area contributed by atoms with Crippen molar-refractivity contribution in [1.29, 1.82) is 0 Å². The second-order valence-corrected chi connectivity index (χ2v) is 6.98. The van der Waals surface area contributed by atoms with Crippen molar-refractivity contribution in [2.75, 3.05) is 30.4 Å². The van der Waals surface area contributed by atoms with E-state index in [4.69, 9.17) is 21.1 Å². The van der Waals surface area contributed by atoms with Crippen LogP contribution in [-0.2, 0) is 4.79 Å². The van der Waals surface area contributed by atoms with E-state index in [2.05, 4.69) is 26.6 Å². The van der Waals surface area contributed by atoms with E-state index in [1.165, 1.54) is 0 Å². The number of nitrogens with one attached hydrogen (secondary N) is 2. The van der Waals surface area contributed by atoms with Gasteiger partial charge in [-0.2, -0.15) is 0 Å². The van der Waals surface area contributed by atoms with Crippen molar-refractivity contribution in [3.63, 3.8) is 0 Å². The topological polar surface area (TPSA) is 59.6 Å². The van der Waals surface area contributed by atoms with Gasteiger partial charge in [0.05, 0.1) is 36.2 Å². The van der Waals surface area contributed by atoms with Crippen LogP contribution in [0.15, 0.2) is 34.8 Å². The molecule has 0 aromatic heterocycles. The van der Waals surface area contributed by atoms with Crippen LogP contribution in [0, 0.1) is 6.92 Å². The molecule has 0 aliphatic carbocycles. The summed E-state index contributed by atoms with van der Waals surface area (Å²) in [6, 6.07) is 9.22. The number of halogens is 2. The van der Waals surface area contributed by atoms with Crippen molar-refractivity contribution in [3.05, 3.63) is 45.4 Å². The largest absolute Gasteiger partial charge is 0.490 e. The number of hydrogen-bond acceptors (Lipinski definition) is 4. The van der Waals surface area contributed by atoms with Gasteiger partial charge in [-0.15, -0.1) is 0 Å². The molecule has 0 bridgehead atoms. The Kier molecular flexibility index (Phi) is 5.71. The standard InChI is InChI=1S/C18H18BrClN2O3/c1-11-3-4-14(12(19)7-11)22-18(23)10-21-15-9-17-16(8-13(15)20)24-5-2-6-25-17/h3-4,7-9,21H,2,5-6,10H2,1H3,(H,22,23). The molecule has 1 aliphatic rings. The molecule has 3 rings (SSSR count). The summed E-state index contributed by atoms with van der Waals surface area (Å²) in [6.45, 7) is 3.27. The van der Waals surface area contributed by atoms with Crippen LogP contribution in [0.5, 0.6) is 11.5 Å². The molecular weight excluding hydrogens is 408 g/mol. The smallest absolute Gasteiger partial charge is 0.243 e. The fraction of sp³-hybridized carbons (Fsp3) is 0.278. The van der Waals surface area contributed by atoms with Gasteiger partial charge in [0.15, 0.2) is 11.5 Å². The number of anilines is 2. The van der Waals surface area contributed by atoms with Gasteiger partial charge >= 0.3 is 0 Å². The third-order valence-corrected chi connectivity index (χ3v) is 4.64. The molecule has 2 N–H and O–H groups in total. The van der Waals surface area contributed by atoms with Gasteiger partial charge in [-0.25, -0.2) is 0 Å². The summed E-state index contributed by atoms with van der Waals surface area (Å²) in [7, 11) is 0. The third-order valence-electron chi connectivity index (χ3n) is 3.68. The maximum Gasteiger partial charge on any atom is 0.243 e. The minimum atomic E-state index is -0.173. The Morgan fingerprint density at radius 2 is 1.88 bits per heavy atom. The Bertz CT molecular complexity index is 798. The Hall–Kier alpha value is -1.92. The van der Waals surface area contributed by atoms with E-state index in [1.807, 2.05) is 25.1 Å². The first kappa shape index (κ1) is 17.9. The van der Waals surface area contributed by atoms with E-state index in [-0.39, 0.29) is 12.5 Å². The van der Waals surface area contributed by atoms with Crippen LogP contribution in [0.1, 0.15) is 12.0 Å². The number of fused-ring (bicyclic) bond motifs is 1. The Balaban J connectivity index is 1.64. The van der Waals surface area contributed by atoms with E-state index in [9.17, 15) is 4.79 Å². The van der Waals surface area contributed by atoms with Crippen LogP contribution in [0.3, 0.4) is 0 Å². The average Bonchev–Trinajstić information content (AvgIpc) is 2.80. The van der Waals surface area contributed by atoms with Gasteiger partial charge in [-0.1, -0.05) is 17.7 Å². The van der Waals surface area contributed by atoms with Crippen molar-refractivity contribution in [1.82, 2.24) is 0 Å². The summed E-state index contributed by atoms with van der Waals surface area (Å²) in [6.07, 6.45) is 0.822. The molecule has 0 radical (unpaired) electrons. The molecule has 25 heavy (non-hydrogen) atoms. The van der Waals surface area contributed by atoms with Gasteiger partial charge in [0.2, 0.25) is 5.91 Å². The van der Waals surface area contributed by atoms with Crippen LogP contribution >= 0.6 is 27.5 Å². The lowest BCUT2D eigenvalue weighted by Crippen LogP contribution is -2.22. The number of ether oxygens (including phenoxy) is 2. The predicted molar refractivity (Wildman–Crippen MR) is 103 cm³/mol. The number of hydrogen-bond donors (Lipinski definition) is 2. The lowest BCUT2D eigenvalue weighted by molar-refractivity contribution is -0.114. The van der Waals surface area contributed by atoms with Crippen LogP contribution in [0.25, 0.3) is 0 Å². The van der Waals surface area contributed by atoms with Gasteiger partial charge in [0.1, 0.15) is 0 Å². The number of rotatable bonds is 4. The maximum atomic E-state index is 12.2. The Labute approximate surface area is 159 Å². The Morgan fingerprint density at radius 1 is 1.16 bits per heavy atom. The molecule has 1 heterocycles. The zero-order valence-electron chi connectivity index (χ0n) is 13.7. The van der Waals surface area contributed by atoms with E-state index < -0.39 is 0 Å². The van der Waals surface area contributed by atoms with E-state index in [0.717, 1.165) is 22.1 Å². The zero-order valence-corrected chi connectivity index (χ0v) is 16.0. The van der Waals surface area contributed by atoms with Crippen LogP contribution < -0.4 is 20.1 Å². The molecular formula is C18H18BrClN2O3. The highest BCUT2D eigenvalue weighted by Gasteiger charge is 2.15. The summed E-state index contributed by atoms with van der Waals surface area (Å²) in [5.74, 6) is 1.08. The molecule has 0 atom stereocenters. The number of benzene rings is 2. The summed E-state index contributed by atoms with van der Waals surface area (Å²) in [5, 5.41) is 6.37. The number of aryl methyl sites for hydroxylation is 1. The molecule has 0 saturated heterocycles. The molecule has 0 spiro atoms. The lowest BCUT2D eigenvalue weighted by Gasteiger charge is -2.13. The minimum absolute atomic E-state index is 0.0830. The first-order valence-electron chi connectivity index (χ1n) is 7.92. The molecule has 1 aliphatic heterocycles. The van der Waals surface area contributed by atoms with Crippen molar-refractivity contribution in [2.45, 2.75) is 13.3 Å². The van der Waals surface area contributed by atoms with Gasteiger partial charge in [-0.05, 0) is 40.5 Å². The third kappa shape index (κ3) is 4.58. The van der Waals surface area contributed by atoms with E-state index in [0.29, 0.717) is 35.4 Å². The van der Waals surface area contributed by atoms with Gasteiger partial charge in [-0.3, -0.25) is 4.79 Å². The molecule has 0 unspecified atom stereocenters. The maximum absolute atomic E-state index is 12.2. The second kappa shape index (κ2) is 7.97. The monoisotopic (exact) mass is 424 g/mol. The molecule has 7 heteroatoms. The fourth-order valence-corrected chi connectivity index (χ4v) is 3.22. The highest BCUT2D eigenvalue weighted by Crippen LogP contribution is 2.37. The van der Waals surface area contributed by atoms with Crippen molar-refractivity contribution in [2.24, 2.45) is 0 Å². The molecule has 2 aromatic rings. The highest BCUT2D eigenvalue weighted by atomic mass is 79.9. The Morgan fingerprint density at radius 3 is 2.60 bits per heavy atom. The van der Waals surface area contributed by atoms with E-state index in [1.54, 1.807) is 12.1 Å². The average molecular weight is 426 g/mol. The zero-order chi connectivity index (χ0) is 17.8. The van der Waals surface area contributed by atoms with Gasteiger partial charge in [0, 0.05) is 23.0 Å². The van der Waals surface area contributed by atoms with Crippen LogP contribution in [0.4, 0.5) is 11.4 Å². The molecule has 5 nitrogen and oxygen atoms in total. The number of carbonyl (C=O) groups is 1. The molecule has 0 saturated carbocycles. The van der Waals surface area contributed by atoms with Crippen molar-refractivity contribution in [3.8, 4) is 11.5 Å². The predicted octanol–water partition coefficient (Wildman–Crippen LogP) is 4.62. The van der Waals surface area contributed by atoms with Crippen molar-refractivity contribution < 1.29 is 14.3 Å². The first-order chi connectivity index (χ1) is 12.0. The summed E-state index contributed by atoms with van der Waals surface area (Å²) in [4.78, 5) is 12.2. The quantitative estimate of drug-likeness (QED) is 0.750. The minimum Gasteiger partial charge on any atom is -0.490 e. The van der Waals surface area contributed by atoms with Crippen LogP contribution in [0.2, 0.25) is 5.02 Å². The fourth-order valence-electron chi connectivity index (χ4n) is 2.41. The lowest BCUT2D eigenvalue weighted by atomic mass is 10.2. The summed E-state index contributed by atoms with van der Waals surface area (Å²) < 4.78 is 12.1. The van der Waals surface area contributed by atoms with Crippen molar-refractivity contribution >= 4 is 44.8 Å².